The zero-order valence-electron chi connectivity index (χ0n) is 23.7. The first-order valence-electron chi connectivity index (χ1n) is 13.9. The summed E-state index contributed by atoms with van der Waals surface area (Å²) in [4.78, 5) is 34.2. The molecule has 0 saturated carbocycles. The number of hydrogen-bond acceptors (Lipinski definition) is 9. The van der Waals surface area contributed by atoms with Gasteiger partial charge in [0.2, 0.25) is 11.9 Å². The maximum atomic E-state index is 13.9. The van der Waals surface area contributed by atoms with Gasteiger partial charge in [-0.05, 0) is 48.6 Å². The molecule has 1 aliphatic heterocycles. The fourth-order valence-corrected chi connectivity index (χ4v) is 5.70. The third-order valence-corrected chi connectivity index (χ3v) is 8.08. The molecule has 0 unspecified atom stereocenters. The Morgan fingerprint density at radius 1 is 0.881 bits per heavy atom. The van der Waals surface area contributed by atoms with Crippen LogP contribution in [0, 0.1) is 5.41 Å². The minimum Gasteiger partial charge on any atom is -0.493 e. The molecule has 0 radical (unpaired) electrons. The van der Waals surface area contributed by atoms with Crippen molar-refractivity contribution in [2.24, 2.45) is 5.41 Å². The Kier molecular flexibility index (Phi) is 7.43. The van der Waals surface area contributed by atoms with Crippen LogP contribution in [0.25, 0.3) is 21.9 Å². The molecule has 10 nitrogen and oxygen atoms in total. The topological polar surface area (TPSA) is 128 Å². The number of ether oxygens (including phenoxy) is 2. The summed E-state index contributed by atoms with van der Waals surface area (Å²) in [5.41, 5.74) is 10.2. The van der Waals surface area contributed by atoms with Gasteiger partial charge >= 0.3 is 0 Å². The summed E-state index contributed by atoms with van der Waals surface area (Å²) in [6, 6.07) is 19.7. The first-order chi connectivity index (χ1) is 20.5. The molecule has 1 fully saturated rings. The van der Waals surface area contributed by atoms with E-state index in [0.29, 0.717) is 73.1 Å². The summed E-state index contributed by atoms with van der Waals surface area (Å²) < 4.78 is 10.9. The van der Waals surface area contributed by atoms with Gasteiger partial charge in [0.25, 0.3) is 0 Å². The van der Waals surface area contributed by atoms with Gasteiger partial charge in [-0.3, -0.25) is 14.8 Å². The van der Waals surface area contributed by atoms with Gasteiger partial charge in [-0.25, -0.2) is 4.98 Å². The van der Waals surface area contributed by atoms with Crippen LogP contribution >= 0.6 is 0 Å². The lowest BCUT2D eigenvalue weighted by Crippen LogP contribution is -2.50. The van der Waals surface area contributed by atoms with Crippen LogP contribution in [-0.2, 0) is 17.8 Å². The molecule has 10 heteroatoms. The Bertz CT molecular complexity index is 1740. The second-order valence-electron chi connectivity index (χ2n) is 10.6. The molecule has 6 rings (SSSR count). The van der Waals surface area contributed by atoms with Crippen molar-refractivity contribution in [3.8, 4) is 11.5 Å². The smallest absolute Gasteiger partial charge is 0.227 e. The van der Waals surface area contributed by atoms with E-state index in [2.05, 4.69) is 37.3 Å². The number of hydrogen-bond donors (Lipinski definition) is 2. The Labute approximate surface area is 243 Å². The van der Waals surface area contributed by atoms with E-state index < -0.39 is 5.41 Å². The Hall–Kier alpha value is -4.99. The van der Waals surface area contributed by atoms with Crippen molar-refractivity contribution in [1.29, 1.82) is 0 Å². The summed E-state index contributed by atoms with van der Waals surface area (Å²) in [6.45, 7) is 1.65. The third kappa shape index (κ3) is 5.35. The first-order valence-corrected chi connectivity index (χ1v) is 13.9. The largest absolute Gasteiger partial charge is 0.493 e. The van der Waals surface area contributed by atoms with Gasteiger partial charge in [0, 0.05) is 43.5 Å². The fourth-order valence-electron chi connectivity index (χ4n) is 5.70. The number of amides is 1. The molecule has 0 atom stereocenters. The van der Waals surface area contributed by atoms with E-state index >= 15 is 0 Å². The Balaban J connectivity index is 1.23. The van der Waals surface area contributed by atoms with Crippen molar-refractivity contribution in [2.75, 3.05) is 37.9 Å². The van der Waals surface area contributed by atoms with E-state index in [1.165, 1.54) is 0 Å². The Morgan fingerprint density at radius 3 is 2.33 bits per heavy atom. The number of fused-ring (bicyclic) bond motifs is 2. The van der Waals surface area contributed by atoms with Crippen molar-refractivity contribution in [2.45, 2.75) is 25.8 Å². The molecule has 0 spiro atoms. The number of aromatic nitrogens is 4. The zero-order valence-corrected chi connectivity index (χ0v) is 23.7. The molecule has 1 saturated heterocycles. The SMILES string of the molecule is COc1cc2nc(N3CCC(Cc4ccccc4)(C(=O)NCc4ccc5nccnc5c4)CC3)nc(N)c2cc1OC. The number of carbonyl (C=O) groups is 1. The van der Waals surface area contributed by atoms with E-state index in [9.17, 15) is 4.79 Å². The number of nitrogen functional groups attached to an aromatic ring is 1. The molecule has 5 aromatic rings. The zero-order chi connectivity index (χ0) is 29.1. The highest BCUT2D eigenvalue weighted by Crippen LogP contribution is 2.38. The summed E-state index contributed by atoms with van der Waals surface area (Å²) in [7, 11) is 3.17. The molecule has 3 aromatic carbocycles. The van der Waals surface area contributed by atoms with Gasteiger partial charge in [-0.1, -0.05) is 36.4 Å². The van der Waals surface area contributed by atoms with E-state index in [1.807, 2.05) is 42.5 Å². The molecule has 3 N–H and O–H groups in total. The number of nitrogens with zero attached hydrogens (tertiary/aromatic N) is 5. The number of nitrogens with one attached hydrogen (secondary N) is 1. The second-order valence-corrected chi connectivity index (χ2v) is 10.6. The average molecular weight is 564 g/mol. The third-order valence-electron chi connectivity index (χ3n) is 8.08. The monoisotopic (exact) mass is 563 g/mol. The summed E-state index contributed by atoms with van der Waals surface area (Å²) >= 11 is 0. The summed E-state index contributed by atoms with van der Waals surface area (Å²) in [5.74, 6) is 2.10. The summed E-state index contributed by atoms with van der Waals surface area (Å²) in [5, 5.41) is 3.92. The van der Waals surface area contributed by atoms with Crippen molar-refractivity contribution < 1.29 is 14.3 Å². The lowest BCUT2D eigenvalue weighted by Gasteiger charge is -2.41. The van der Waals surface area contributed by atoms with E-state index in [4.69, 9.17) is 20.2 Å². The highest BCUT2D eigenvalue weighted by Gasteiger charge is 2.42. The van der Waals surface area contributed by atoms with Gasteiger partial charge in [0.1, 0.15) is 5.82 Å². The van der Waals surface area contributed by atoms with Gasteiger partial charge in [0.15, 0.2) is 11.5 Å². The fraction of sp³-hybridized carbons (Fsp3) is 0.281. The van der Waals surface area contributed by atoms with Crippen molar-refractivity contribution in [3.63, 3.8) is 0 Å². The molecule has 0 aliphatic carbocycles. The van der Waals surface area contributed by atoms with Crippen LogP contribution < -0.4 is 25.4 Å². The predicted molar refractivity (Wildman–Crippen MR) is 162 cm³/mol. The minimum absolute atomic E-state index is 0.0426. The quantitative estimate of drug-likeness (QED) is 0.284. The number of nitrogens with two attached hydrogens (primary N) is 1. The van der Waals surface area contributed by atoms with Gasteiger partial charge in [0.05, 0.1) is 36.2 Å². The lowest BCUT2D eigenvalue weighted by atomic mass is 9.73. The normalized spacial score (nSPS) is 14.6. The van der Waals surface area contributed by atoms with Crippen molar-refractivity contribution >= 4 is 39.6 Å². The second kappa shape index (κ2) is 11.5. The van der Waals surface area contributed by atoms with Crippen molar-refractivity contribution in [1.82, 2.24) is 25.3 Å². The number of methoxy groups -OCH3 is 2. The molecular formula is C32H33N7O3. The number of benzene rings is 3. The predicted octanol–water partition coefficient (Wildman–Crippen LogP) is 4.32. The highest BCUT2D eigenvalue weighted by atomic mass is 16.5. The maximum absolute atomic E-state index is 13.9. The van der Waals surface area contributed by atoms with E-state index in [1.54, 1.807) is 32.7 Å². The lowest BCUT2D eigenvalue weighted by molar-refractivity contribution is -0.132. The van der Waals surface area contributed by atoms with Crippen LogP contribution in [0.1, 0.15) is 24.0 Å². The van der Waals surface area contributed by atoms with E-state index in [0.717, 1.165) is 22.2 Å². The van der Waals surface area contributed by atoms with Gasteiger partial charge in [-0.15, -0.1) is 0 Å². The highest BCUT2D eigenvalue weighted by molar-refractivity contribution is 5.92. The van der Waals surface area contributed by atoms with Crippen LogP contribution in [0.5, 0.6) is 11.5 Å². The molecule has 0 bridgehead atoms. The van der Waals surface area contributed by atoms with Gasteiger partial charge < -0.3 is 25.4 Å². The summed E-state index contributed by atoms with van der Waals surface area (Å²) in [6.07, 6.45) is 5.28. The molecule has 1 amide bonds. The average Bonchev–Trinajstić information content (AvgIpc) is 3.03. The van der Waals surface area contributed by atoms with Gasteiger partial charge in [-0.2, -0.15) is 4.98 Å². The first kappa shape index (κ1) is 27.2. The van der Waals surface area contributed by atoms with Crippen molar-refractivity contribution in [3.05, 3.63) is 84.2 Å². The molecule has 3 heterocycles. The number of anilines is 2. The van der Waals surface area contributed by atoms with Crippen LogP contribution in [-0.4, -0.2) is 53.2 Å². The standard InChI is InChI=1S/C32H33N7O3/c1-41-27-17-23-25(18-28(27)42-2)37-31(38-29(23)33)39-14-10-32(11-15-39,19-21-6-4-3-5-7-21)30(40)36-20-22-8-9-24-26(16-22)35-13-12-34-24/h3-9,12-13,16-18H,10-11,14-15,19-20H2,1-2H3,(H,36,40)(H2,33,37,38). The number of piperidine rings is 1. The molecule has 42 heavy (non-hydrogen) atoms. The molecule has 1 aliphatic rings. The number of rotatable bonds is 8. The maximum Gasteiger partial charge on any atom is 0.227 e. The van der Waals surface area contributed by atoms with Crippen LogP contribution in [0.15, 0.2) is 73.1 Å². The van der Waals surface area contributed by atoms with Crippen LogP contribution in [0.3, 0.4) is 0 Å². The number of carbonyl (C=O) groups excluding carboxylic acids is 1. The van der Waals surface area contributed by atoms with E-state index in [-0.39, 0.29) is 5.91 Å². The minimum atomic E-state index is -0.576. The van der Waals surface area contributed by atoms with Crippen LogP contribution in [0.2, 0.25) is 0 Å². The molecular weight excluding hydrogens is 530 g/mol. The molecule has 214 valence electrons. The Morgan fingerprint density at radius 2 is 1.60 bits per heavy atom. The molecule has 2 aromatic heterocycles. The van der Waals surface area contributed by atoms with Crippen LogP contribution in [0.4, 0.5) is 11.8 Å².